The molecule has 0 spiro atoms. The molecule has 0 fully saturated rings. The number of amides is 1. The molecule has 2 rings (SSSR count). The van der Waals surface area contributed by atoms with E-state index in [-0.39, 0.29) is 17.7 Å². The molecule has 1 amide bonds. The molecule has 126 valence electrons. The zero-order valence-corrected chi connectivity index (χ0v) is 12.2. The number of carbonyl (C=O) groups excluding carboxylic acids is 1. The van der Waals surface area contributed by atoms with Crippen LogP contribution in [0, 0.1) is 11.6 Å². The van der Waals surface area contributed by atoms with Gasteiger partial charge < -0.3 is 5.11 Å². The fourth-order valence-corrected chi connectivity index (χ4v) is 2.24. The van der Waals surface area contributed by atoms with Crippen LogP contribution in [-0.2, 0) is 6.42 Å². The van der Waals surface area contributed by atoms with Crippen LogP contribution in [0.1, 0.15) is 23.0 Å². The lowest BCUT2D eigenvalue weighted by Crippen LogP contribution is -2.39. The number of hydroxylamine groups is 1. The first-order chi connectivity index (χ1) is 11.3. The number of benzene rings is 1. The number of hydrogen-bond donors (Lipinski definition) is 3. The summed E-state index contributed by atoms with van der Waals surface area (Å²) < 4.78 is 26.8. The van der Waals surface area contributed by atoms with E-state index in [2.05, 4.69) is 4.98 Å². The first kappa shape index (κ1) is 17.2. The molecule has 24 heavy (non-hydrogen) atoms. The highest BCUT2D eigenvalue weighted by molar-refractivity contribution is 5.97. The molecule has 0 atom stereocenters. The van der Waals surface area contributed by atoms with Crippen molar-refractivity contribution in [3.8, 4) is 11.3 Å². The topological polar surface area (TPSA) is 122 Å². The highest BCUT2D eigenvalue weighted by Crippen LogP contribution is 2.25. The van der Waals surface area contributed by atoms with Crippen molar-refractivity contribution in [2.75, 3.05) is 0 Å². The van der Waals surface area contributed by atoms with Crippen molar-refractivity contribution >= 4 is 12.0 Å². The van der Waals surface area contributed by atoms with E-state index in [1.165, 1.54) is 12.4 Å². The van der Waals surface area contributed by atoms with Crippen LogP contribution in [0.4, 0.5) is 13.6 Å². The molecule has 1 heterocycles. The standard InChI is InChI=1S/C14H11F2N3O5/c1-2-9-10(12(20)21)11(6-3-4-7(15)8(16)5-6)17-13(22)19(9)14(23)18-24/h3-5,24H,2H2,1H3,(H,18,23)(H,20,21). The Morgan fingerprint density at radius 1 is 1.29 bits per heavy atom. The molecule has 2 aromatic rings. The van der Waals surface area contributed by atoms with Gasteiger partial charge in [0.2, 0.25) is 0 Å². The van der Waals surface area contributed by atoms with Crippen molar-refractivity contribution in [1.29, 1.82) is 0 Å². The van der Waals surface area contributed by atoms with Gasteiger partial charge in [0, 0.05) is 11.3 Å². The third kappa shape index (κ3) is 2.86. The van der Waals surface area contributed by atoms with Crippen LogP contribution in [0.25, 0.3) is 11.3 Å². The molecule has 0 unspecified atom stereocenters. The van der Waals surface area contributed by atoms with Crippen molar-refractivity contribution in [3.05, 3.63) is 51.6 Å². The molecular formula is C14H11F2N3O5. The van der Waals surface area contributed by atoms with Crippen LogP contribution in [-0.4, -0.2) is 31.9 Å². The maximum absolute atomic E-state index is 13.4. The number of carboxylic acid groups (broad SMARTS) is 1. The third-order valence-electron chi connectivity index (χ3n) is 3.23. The Morgan fingerprint density at radius 3 is 2.46 bits per heavy atom. The minimum absolute atomic E-state index is 0.0799. The first-order valence-electron chi connectivity index (χ1n) is 6.60. The third-order valence-corrected chi connectivity index (χ3v) is 3.23. The summed E-state index contributed by atoms with van der Waals surface area (Å²) in [4.78, 5) is 38.7. The summed E-state index contributed by atoms with van der Waals surface area (Å²) in [5.41, 5.74) is -1.30. The summed E-state index contributed by atoms with van der Waals surface area (Å²) in [7, 11) is 0. The molecule has 0 radical (unpaired) electrons. The van der Waals surface area contributed by atoms with Gasteiger partial charge in [-0.05, 0) is 24.6 Å². The summed E-state index contributed by atoms with van der Waals surface area (Å²) in [6, 6.07) is 1.22. The van der Waals surface area contributed by atoms with E-state index >= 15 is 0 Å². The molecule has 3 N–H and O–H groups in total. The molecule has 10 heteroatoms. The average Bonchev–Trinajstić information content (AvgIpc) is 2.55. The summed E-state index contributed by atoms with van der Waals surface area (Å²) in [5, 5.41) is 18.1. The van der Waals surface area contributed by atoms with Crippen molar-refractivity contribution in [1.82, 2.24) is 15.0 Å². The molecule has 0 aliphatic rings. The van der Waals surface area contributed by atoms with E-state index < -0.39 is 40.6 Å². The minimum atomic E-state index is -1.53. The monoisotopic (exact) mass is 339 g/mol. The first-order valence-corrected chi connectivity index (χ1v) is 6.60. The fourth-order valence-electron chi connectivity index (χ4n) is 2.24. The number of aromatic carboxylic acids is 1. The summed E-state index contributed by atoms with van der Waals surface area (Å²) in [6.45, 7) is 1.47. The average molecular weight is 339 g/mol. The lowest BCUT2D eigenvalue weighted by Gasteiger charge is -2.14. The van der Waals surface area contributed by atoms with E-state index in [4.69, 9.17) is 5.21 Å². The van der Waals surface area contributed by atoms with Crippen molar-refractivity contribution < 1.29 is 28.7 Å². The highest BCUT2D eigenvalue weighted by Gasteiger charge is 2.25. The largest absolute Gasteiger partial charge is 0.478 e. The van der Waals surface area contributed by atoms with Crippen molar-refractivity contribution in [2.45, 2.75) is 13.3 Å². The van der Waals surface area contributed by atoms with E-state index in [1.54, 1.807) is 0 Å². The second-order valence-corrected chi connectivity index (χ2v) is 4.60. The number of carboxylic acids is 1. The quantitative estimate of drug-likeness (QED) is 0.574. The van der Waals surface area contributed by atoms with Crippen molar-refractivity contribution in [3.63, 3.8) is 0 Å². The van der Waals surface area contributed by atoms with Gasteiger partial charge in [-0.25, -0.2) is 33.2 Å². The highest BCUT2D eigenvalue weighted by atomic mass is 19.2. The van der Waals surface area contributed by atoms with Gasteiger partial charge in [0.25, 0.3) is 0 Å². The van der Waals surface area contributed by atoms with Gasteiger partial charge in [-0.1, -0.05) is 6.92 Å². The van der Waals surface area contributed by atoms with Crippen LogP contribution in [0.2, 0.25) is 0 Å². The minimum Gasteiger partial charge on any atom is -0.478 e. The molecule has 1 aromatic carbocycles. The van der Waals surface area contributed by atoms with Crippen LogP contribution >= 0.6 is 0 Å². The Hall–Kier alpha value is -3.14. The van der Waals surface area contributed by atoms with E-state index in [1.807, 2.05) is 0 Å². The lowest BCUT2D eigenvalue weighted by atomic mass is 10.0. The second-order valence-electron chi connectivity index (χ2n) is 4.60. The second kappa shape index (κ2) is 6.54. The number of halogens is 2. The number of carbonyl (C=O) groups is 2. The maximum atomic E-state index is 13.4. The van der Waals surface area contributed by atoms with Crippen LogP contribution in [0.5, 0.6) is 0 Å². The van der Waals surface area contributed by atoms with Gasteiger partial charge >= 0.3 is 17.7 Å². The van der Waals surface area contributed by atoms with Gasteiger partial charge in [0.1, 0.15) is 5.56 Å². The number of hydrogen-bond acceptors (Lipinski definition) is 5. The smallest absolute Gasteiger partial charge is 0.356 e. The Bertz CT molecular complexity index is 895. The SMILES string of the molecule is CCc1c(C(=O)O)c(-c2ccc(F)c(F)c2)nc(=O)n1C(=O)NO. The summed E-state index contributed by atoms with van der Waals surface area (Å²) in [6.07, 6.45) is -0.0799. The Kier molecular flexibility index (Phi) is 4.69. The molecule has 0 aliphatic heterocycles. The van der Waals surface area contributed by atoms with Crippen LogP contribution in [0.3, 0.4) is 0 Å². The normalized spacial score (nSPS) is 10.5. The molecular weight excluding hydrogens is 328 g/mol. The predicted octanol–water partition coefficient (Wildman–Crippen LogP) is 1.40. The molecule has 0 saturated carbocycles. The number of nitrogens with one attached hydrogen (secondary N) is 1. The maximum Gasteiger partial charge on any atom is 0.356 e. The zero-order chi connectivity index (χ0) is 18.0. The number of aromatic nitrogens is 2. The molecule has 0 bridgehead atoms. The van der Waals surface area contributed by atoms with Crippen LogP contribution in [0.15, 0.2) is 23.0 Å². The van der Waals surface area contributed by atoms with Gasteiger partial charge in [-0.3, -0.25) is 5.21 Å². The molecule has 0 aliphatic carbocycles. The van der Waals surface area contributed by atoms with Crippen molar-refractivity contribution in [2.24, 2.45) is 0 Å². The zero-order valence-electron chi connectivity index (χ0n) is 12.2. The van der Waals surface area contributed by atoms with E-state index in [0.29, 0.717) is 10.6 Å². The molecule has 8 nitrogen and oxygen atoms in total. The number of nitrogens with zero attached hydrogens (tertiary/aromatic N) is 2. The Labute approximate surface area is 133 Å². The molecule has 1 aromatic heterocycles. The lowest BCUT2D eigenvalue weighted by molar-refractivity contribution is 0.0695. The summed E-state index contributed by atoms with van der Waals surface area (Å²) >= 11 is 0. The predicted molar refractivity (Wildman–Crippen MR) is 75.9 cm³/mol. The summed E-state index contributed by atoms with van der Waals surface area (Å²) in [5.74, 6) is -3.93. The van der Waals surface area contributed by atoms with E-state index in [0.717, 1.165) is 12.1 Å². The van der Waals surface area contributed by atoms with Gasteiger partial charge in [-0.2, -0.15) is 4.98 Å². The van der Waals surface area contributed by atoms with E-state index in [9.17, 15) is 28.3 Å². The fraction of sp³-hybridized carbons (Fsp3) is 0.143. The van der Waals surface area contributed by atoms with Gasteiger partial charge in [-0.15, -0.1) is 0 Å². The number of rotatable bonds is 3. The van der Waals surface area contributed by atoms with Gasteiger partial charge in [0.15, 0.2) is 11.6 Å². The van der Waals surface area contributed by atoms with Crippen LogP contribution < -0.4 is 11.2 Å². The van der Waals surface area contributed by atoms with Gasteiger partial charge in [0.05, 0.1) is 5.69 Å². The Balaban J connectivity index is 2.89. The molecule has 0 saturated heterocycles. The Morgan fingerprint density at radius 2 is 1.96 bits per heavy atom.